The highest BCUT2D eigenvalue weighted by molar-refractivity contribution is 6.20. The van der Waals surface area contributed by atoms with Crippen molar-refractivity contribution in [2.24, 2.45) is 0 Å². The molecule has 3 nitrogen and oxygen atoms in total. The minimum Gasteiger partial charge on any atom is -0.455 e. The quantitative estimate of drug-likeness (QED) is 0.144. The third-order valence-electron chi connectivity index (χ3n) is 12.6. The highest BCUT2D eigenvalue weighted by atomic mass is 16.3. The van der Waals surface area contributed by atoms with Gasteiger partial charge in [-0.2, -0.15) is 0 Å². The van der Waals surface area contributed by atoms with Crippen LogP contribution in [-0.4, -0.2) is 0 Å². The number of nitrogens with zero attached hydrogens (tertiary/aromatic N) is 2. The molecular weight excluding hydrogens is 789 g/mol. The van der Waals surface area contributed by atoms with Gasteiger partial charge in [0.15, 0.2) is 0 Å². The fraction of sp³-hybridized carbons (Fsp3) is 0. The lowest BCUT2D eigenvalue weighted by molar-refractivity contribution is 0.673. The first kappa shape index (κ1) is 38.0. The Morgan fingerprint density at radius 2 is 0.815 bits per heavy atom. The molecule has 0 fully saturated rings. The van der Waals surface area contributed by atoms with Crippen molar-refractivity contribution in [3.05, 3.63) is 255 Å². The molecule has 0 bridgehead atoms. The van der Waals surface area contributed by atoms with E-state index >= 15 is 0 Å². The maximum Gasteiger partial charge on any atom is 0.143 e. The lowest BCUT2D eigenvalue weighted by Gasteiger charge is -2.30. The summed E-state index contributed by atoms with van der Waals surface area (Å²) in [6.07, 6.45) is 0. The Morgan fingerprint density at radius 3 is 1.52 bits per heavy atom. The van der Waals surface area contributed by atoms with Crippen LogP contribution in [0.4, 0.5) is 34.1 Å². The third kappa shape index (κ3) is 6.87. The van der Waals surface area contributed by atoms with Crippen molar-refractivity contribution in [2.75, 3.05) is 9.80 Å². The van der Waals surface area contributed by atoms with E-state index < -0.39 is 0 Å². The van der Waals surface area contributed by atoms with Gasteiger partial charge in [0.1, 0.15) is 11.2 Å². The number of hydrogen-bond donors (Lipinski definition) is 0. The van der Waals surface area contributed by atoms with E-state index in [1.165, 1.54) is 33.0 Å². The van der Waals surface area contributed by atoms with Gasteiger partial charge in [-0.25, -0.2) is 0 Å². The Kier molecular flexibility index (Phi) is 9.50. The van der Waals surface area contributed by atoms with Gasteiger partial charge in [-0.1, -0.05) is 188 Å². The predicted octanol–water partition coefficient (Wildman–Crippen LogP) is 17.8. The number of benzene rings is 11. The summed E-state index contributed by atoms with van der Waals surface area (Å²) in [5, 5.41) is 6.78. The van der Waals surface area contributed by atoms with Crippen molar-refractivity contribution in [2.45, 2.75) is 0 Å². The molecule has 65 heavy (non-hydrogen) atoms. The van der Waals surface area contributed by atoms with Gasteiger partial charge < -0.3 is 14.2 Å². The molecule has 0 spiro atoms. The fourth-order valence-corrected chi connectivity index (χ4v) is 9.59. The number of furan rings is 1. The molecule has 0 unspecified atom stereocenters. The molecule has 12 aromatic rings. The zero-order valence-corrected chi connectivity index (χ0v) is 35.6. The van der Waals surface area contributed by atoms with Gasteiger partial charge in [-0.05, 0) is 110 Å². The van der Waals surface area contributed by atoms with E-state index in [1.54, 1.807) is 0 Å². The van der Waals surface area contributed by atoms with Crippen molar-refractivity contribution >= 4 is 77.6 Å². The van der Waals surface area contributed by atoms with E-state index in [9.17, 15) is 0 Å². The maximum absolute atomic E-state index is 7.13. The molecule has 0 atom stereocenters. The molecule has 306 valence electrons. The van der Waals surface area contributed by atoms with Crippen LogP contribution in [0.2, 0.25) is 0 Å². The van der Waals surface area contributed by atoms with Crippen molar-refractivity contribution in [3.8, 4) is 33.4 Å². The second-order valence-corrected chi connectivity index (χ2v) is 16.5. The van der Waals surface area contributed by atoms with E-state index in [2.05, 4.69) is 265 Å². The summed E-state index contributed by atoms with van der Waals surface area (Å²) < 4.78 is 7.13. The van der Waals surface area contributed by atoms with Gasteiger partial charge in [0.05, 0.1) is 16.8 Å². The minimum atomic E-state index is 0.808. The summed E-state index contributed by atoms with van der Waals surface area (Å²) in [7, 11) is 0. The molecule has 0 N–H and O–H groups in total. The zero-order chi connectivity index (χ0) is 43.1. The Morgan fingerprint density at radius 1 is 0.277 bits per heavy atom. The number of para-hydroxylation sites is 2. The van der Waals surface area contributed by atoms with Crippen molar-refractivity contribution in [1.29, 1.82) is 0 Å². The largest absolute Gasteiger partial charge is 0.455 e. The molecule has 0 aliphatic heterocycles. The lowest BCUT2D eigenvalue weighted by atomic mass is 9.90. The van der Waals surface area contributed by atoms with E-state index in [-0.39, 0.29) is 0 Å². The minimum absolute atomic E-state index is 0.808. The van der Waals surface area contributed by atoms with Crippen LogP contribution < -0.4 is 9.80 Å². The van der Waals surface area contributed by atoms with Crippen molar-refractivity contribution in [3.63, 3.8) is 0 Å². The highest BCUT2D eigenvalue weighted by Gasteiger charge is 2.25. The molecule has 1 heterocycles. The van der Waals surface area contributed by atoms with Gasteiger partial charge in [0.25, 0.3) is 0 Å². The first-order valence-corrected chi connectivity index (χ1v) is 22.2. The molecular formula is C62H42N2O. The topological polar surface area (TPSA) is 19.6 Å². The van der Waals surface area contributed by atoms with Crippen molar-refractivity contribution < 1.29 is 4.42 Å². The molecule has 11 aromatic carbocycles. The fourth-order valence-electron chi connectivity index (χ4n) is 9.59. The van der Waals surface area contributed by atoms with Crippen LogP contribution in [0, 0.1) is 0 Å². The van der Waals surface area contributed by atoms with E-state index in [4.69, 9.17) is 4.42 Å². The predicted molar refractivity (Wildman–Crippen MR) is 274 cm³/mol. The molecule has 0 aliphatic carbocycles. The SMILES string of the molecule is c1ccc(-c2ccc(N(c3ccccc3)c3cc(N(c4ccccc4)c4ccc(-c5cccc6ccccc56)c(-c5ccccc5)c4)c4c(c3)oc3c5ccccc5ccc34)cc2)cc1. The summed E-state index contributed by atoms with van der Waals surface area (Å²) in [5.74, 6) is 0. The number of rotatable bonds is 9. The van der Waals surface area contributed by atoms with Crippen molar-refractivity contribution in [1.82, 2.24) is 0 Å². The molecule has 0 saturated carbocycles. The molecule has 0 radical (unpaired) electrons. The van der Waals surface area contributed by atoms with Crippen LogP contribution in [-0.2, 0) is 0 Å². The maximum atomic E-state index is 7.13. The second-order valence-electron chi connectivity index (χ2n) is 16.5. The summed E-state index contributed by atoms with van der Waals surface area (Å²) in [6.45, 7) is 0. The van der Waals surface area contributed by atoms with Gasteiger partial charge in [-0.15, -0.1) is 0 Å². The summed E-state index contributed by atoms with van der Waals surface area (Å²) in [5.41, 5.74) is 14.9. The van der Waals surface area contributed by atoms with Gasteiger partial charge in [0, 0.05) is 39.6 Å². The summed E-state index contributed by atoms with van der Waals surface area (Å²) in [6, 6.07) is 91.3. The summed E-state index contributed by atoms with van der Waals surface area (Å²) in [4.78, 5) is 4.75. The molecule has 0 saturated heterocycles. The van der Waals surface area contributed by atoms with Crippen LogP contribution in [0.5, 0.6) is 0 Å². The number of hydrogen-bond acceptors (Lipinski definition) is 3. The number of anilines is 6. The Balaban J connectivity index is 1.14. The third-order valence-corrected chi connectivity index (χ3v) is 12.6. The van der Waals surface area contributed by atoms with Gasteiger partial charge >= 0.3 is 0 Å². The standard InChI is InChI=1S/C62H42N2O/c1-5-18-43(19-6-1)44-32-35-50(36-33-44)63(48-25-9-3-10-26-48)52-41-59(61-57-38-34-47-23-14-16-30-54(47)62(57)65-60(61)42-52)64(49-27-11-4-12-28-49)51-37-39-56(58(40-51)46-20-7-2-8-21-46)55-31-17-24-45-22-13-15-29-53(45)55/h1-42H. The molecule has 3 heteroatoms. The zero-order valence-electron chi connectivity index (χ0n) is 35.6. The normalized spacial score (nSPS) is 11.4. The van der Waals surface area contributed by atoms with Gasteiger partial charge in [0.2, 0.25) is 0 Å². The molecule has 1 aromatic heterocycles. The van der Waals surface area contributed by atoms with Crippen LogP contribution >= 0.6 is 0 Å². The highest BCUT2D eigenvalue weighted by Crippen LogP contribution is 2.50. The monoisotopic (exact) mass is 830 g/mol. The second kappa shape index (κ2) is 16.2. The Hall–Kier alpha value is -8.66. The van der Waals surface area contributed by atoms with Crippen LogP contribution in [0.3, 0.4) is 0 Å². The van der Waals surface area contributed by atoms with Crippen LogP contribution in [0.25, 0.3) is 76.9 Å². The van der Waals surface area contributed by atoms with E-state index in [0.717, 1.165) is 78.0 Å². The average Bonchev–Trinajstić information content (AvgIpc) is 3.77. The first-order valence-electron chi connectivity index (χ1n) is 22.2. The first-order chi connectivity index (χ1) is 32.2. The lowest BCUT2D eigenvalue weighted by Crippen LogP contribution is -2.14. The average molecular weight is 831 g/mol. The molecule has 0 amide bonds. The molecule has 12 rings (SSSR count). The van der Waals surface area contributed by atoms with Gasteiger partial charge in [-0.3, -0.25) is 0 Å². The Labute approximate surface area is 378 Å². The van der Waals surface area contributed by atoms with E-state index in [1.807, 2.05) is 0 Å². The van der Waals surface area contributed by atoms with Crippen LogP contribution in [0.15, 0.2) is 259 Å². The Bertz CT molecular complexity index is 3630. The molecule has 0 aliphatic rings. The smallest absolute Gasteiger partial charge is 0.143 e. The van der Waals surface area contributed by atoms with E-state index in [0.29, 0.717) is 0 Å². The summed E-state index contributed by atoms with van der Waals surface area (Å²) >= 11 is 0. The number of fused-ring (bicyclic) bond motifs is 6. The van der Waals surface area contributed by atoms with Crippen LogP contribution in [0.1, 0.15) is 0 Å².